The van der Waals surface area contributed by atoms with Gasteiger partial charge in [-0.1, -0.05) is 18.2 Å². The number of fused-ring (bicyclic) bond motifs is 1. The number of carbonyl (C=O) groups is 1. The zero-order chi connectivity index (χ0) is 17.8. The highest BCUT2D eigenvalue weighted by molar-refractivity contribution is 5.76. The minimum atomic E-state index is -0.497. The maximum atomic E-state index is 12.2. The number of hydrogen-bond donors (Lipinski definition) is 2. The molecule has 0 radical (unpaired) electrons. The smallest absolute Gasteiger partial charge is 0.328 e. The van der Waals surface area contributed by atoms with Crippen molar-refractivity contribution < 1.29 is 4.79 Å². The van der Waals surface area contributed by atoms with Crippen LogP contribution in [0.3, 0.4) is 0 Å². The molecule has 1 heterocycles. The Balaban J connectivity index is 1.58. The molecule has 0 saturated carbocycles. The maximum Gasteiger partial charge on any atom is 0.328 e. The van der Waals surface area contributed by atoms with E-state index < -0.39 is 11.2 Å². The summed E-state index contributed by atoms with van der Waals surface area (Å²) in [7, 11) is 0. The Morgan fingerprint density at radius 3 is 2.72 bits per heavy atom. The van der Waals surface area contributed by atoms with Crippen molar-refractivity contribution in [3.8, 4) is 0 Å². The van der Waals surface area contributed by atoms with Gasteiger partial charge in [0, 0.05) is 25.2 Å². The van der Waals surface area contributed by atoms with Gasteiger partial charge in [-0.25, -0.2) is 4.79 Å². The Hall–Kier alpha value is -2.63. The zero-order valence-corrected chi connectivity index (χ0v) is 14.4. The van der Waals surface area contributed by atoms with E-state index in [9.17, 15) is 14.4 Å². The van der Waals surface area contributed by atoms with E-state index in [1.54, 1.807) is 0 Å². The summed E-state index contributed by atoms with van der Waals surface area (Å²) < 4.78 is 1.32. The quantitative estimate of drug-likeness (QED) is 0.868. The van der Waals surface area contributed by atoms with Crippen LogP contribution in [-0.4, -0.2) is 15.5 Å². The predicted octanol–water partition coefficient (Wildman–Crippen LogP) is 1.68. The molecular weight excluding hydrogens is 318 g/mol. The number of aromatic amines is 1. The average Bonchev–Trinajstić information content (AvgIpc) is 2.60. The van der Waals surface area contributed by atoms with Gasteiger partial charge < -0.3 is 9.88 Å². The SMILES string of the molecule is CC(NC(=O)CCn1ccc(=O)[nH]c1=O)c1ccc2c(c1)CCCC2. The lowest BCUT2D eigenvalue weighted by Gasteiger charge is -2.20. The highest BCUT2D eigenvalue weighted by atomic mass is 16.2. The average molecular weight is 341 g/mol. The van der Waals surface area contributed by atoms with Crippen LogP contribution in [0.4, 0.5) is 0 Å². The lowest BCUT2D eigenvalue weighted by Crippen LogP contribution is -2.32. The summed E-state index contributed by atoms with van der Waals surface area (Å²) in [5, 5.41) is 2.98. The second-order valence-electron chi connectivity index (χ2n) is 6.58. The number of rotatable bonds is 5. The van der Waals surface area contributed by atoms with Gasteiger partial charge in [0.1, 0.15) is 0 Å². The van der Waals surface area contributed by atoms with Gasteiger partial charge in [0.2, 0.25) is 5.91 Å². The van der Waals surface area contributed by atoms with Crippen LogP contribution in [0.5, 0.6) is 0 Å². The molecule has 3 rings (SSSR count). The molecule has 0 spiro atoms. The first-order chi connectivity index (χ1) is 12.0. The zero-order valence-electron chi connectivity index (χ0n) is 14.4. The van der Waals surface area contributed by atoms with Crippen molar-refractivity contribution >= 4 is 5.91 Å². The van der Waals surface area contributed by atoms with E-state index in [4.69, 9.17) is 0 Å². The van der Waals surface area contributed by atoms with E-state index in [1.807, 2.05) is 6.92 Å². The number of aromatic nitrogens is 2. The first kappa shape index (κ1) is 17.2. The topological polar surface area (TPSA) is 84.0 Å². The van der Waals surface area contributed by atoms with E-state index in [-0.39, 0.29) is 24.9 Å². The van der Waals surface area contributed by atoms with Gasteiger partial charge in [0.05, 0.1) is 6.04 Å². The van der Waals surface area contributed by atoms with E-state index in [0.717, 1.165) is 18.4 Å². The second kappa shape index (κ2) is 7.51. The molecule has 1 unspecified atom stereocenters. The van der Waals surface area contributed by atoms with Crippen LogP contribution in [0.25, 0.3) is 0 Å². The Morgan fingerprint density at radius 1 is 1.20 bits per heavy atom. The number of benzene rings is 1. The number of aryl methyl sites for hydroxylation is 3. The fourth-order valence-electron chi connectivity index (χ4n) is 3.26. The normalized spacial score (nSPS) is 14.6. The van der Waals surface area contributed by atoms with Gasteiger partial charge in [0.15, 0.2) is 0 Å². The standard InChI is InChI=1S/C19H23N3O3/c1-13(15-7-6-14-4-2-3-5-16(14)12-15)20-17(23)8-10-22-11-9-18(24)21-19(22)25/h6-7,9,11-13H,2-5,8,10H2,1H3,(H,20,23)(H,21,24,25). The molecule has 6 heteroatoms. The summed E-state index contributed by atoms with van der Waals surface area (Å²) in [6.07, 6.45) is 6.32. The van der Waals surface area contributed by atoms with Crippen LogP contribution in [0, 0.1) is 0 Å². The summed E-state index contributed by atoms with van der Waals surface area (Å²) in [6.45, 7) is 2.20. The van der Waals surface area contributed by atoms with Crippen LogP contribution >= 0.6 is 0 Å². The molecule has 1 aliphatic carbocycles. The van der Waals surface area contributed by atoms with Crippen molar-refractivity contribution in [2.24, 2.45) is 0 Å². The number of H-pyrrole nitrogens is 1. The molecule has 1 amide bonds. The van der Waals surface area contributed by atoms with Gasteiger partial charge in [0.25, 0.3) is 5.56 Å². The highest BCUT2D eigenvalue weighted by Crippen LogP contribution is 2.24. The molecule has 1 aromatic carbocycles. The van der Waals surface area contributed by atoms with Crippen LogP contribution in [0.2, 0.25) is 0 Å². The number of hydrogen-bond acceptors (Lipinski definition) is 3. The number of nitrogens with zero attached hydrogens (tertiary/aromatic N) is 1. The summed E-state index contributed by atoms with van der Waals surface area (Å²) in [6, 6.07) is 7.65. The number of nitrogens with one attached hydrogen (secondary N) is 2. The molecule has 132 valence electrons. The highest BCUT2D eigenvalue weighted by Gasteiger charge is 2.14. The molecular formula is C19H23N3O3. The molecule has 6 nitrogen and oxygen atoms in total. The number of carbonyl (C=O) groups excluding carboxylic acids is 1. The monoisotopic (exact) mass is 341 g/mol. The molecule has 0 aliphatic heterocycles. The molecule has 2 aromatic rings. The van der Waals surface area contributed by atoms with Gasteiger partial charge >= 0.3 is 5.69 Å². The minimum absolute atomic E-state index is 0.0768. The Kier molecular flexibility index (Phi) is 5.16. The lowest BCUT2D eigenvalue weighted by molar-refractivity contribution is -0.121. The summed E-state index contributed by atoms with van der Waals surface area (Å²) in [5.74, 6) is -0.122. The molecule has 1 aliphatic rings. The Labute approximate surface area is 145 Å². The fraction of sp³-hybridized carbons (Fsp3) is 0.421. The third kappa shape index (κ3) is 4.26. The van der Waals surface area contributed by atoms with Gasteiger partial charge in [-0.2, -0.15) is 0 Å². The summed E-state index contributed by atoms with van der Waals surface area (Å²) in [4.78, 5) is 37.0. The van der Waals surface area contributed by atoms with Crippen LogP contribution in [-0.2, 0) is 24.2 Å². The van der Waals surface area contributed by atoms with Gasteiger partial charge in [-0.3, -0.25) is 14.6 Å². The maximum absolute atomic E-state index is 12.2. The van der Waals surface area contributed by atoms with Crippen LogP contribution in [0.1, 0.15) is 48.9 Å². The fourth-order valence-corrected chi connectivity index (χ4v) is 3.26. The van der Waals surface area contributed by atoms with Crippen LogP contribution in [0.15, 0.2) is 40.1 Å². The van der Waals surface area contributed by atoms with Crippen molar-refractivity contribution in [2.45, 2.75) is 51.6 Å². The first-order valence-electron chi connectivity index (χ1n) is 8.74. The van der Waals surface area contributed by atoms with E-state index in [0.29, 0.717) is 0 Å². The van der Waals surface area contributed by atoms with E-state index in [1.165, 1.54) is 40.8 Å². The van der Waals surface area contributed by atoms with Crippen molar-refractivity contribution in [2.75, 3.05) is 0 Å². The van der Waals surface area contributed by atoms with E-state index >= 15 is 0 Å². The van der Waals surface area contributed by atoms with Gasteiger partial charge in [-0.15, -0.1) is 0 Å². The molecule has 0 saturated heterocycles. The summed E-state index contributed by atoms with van der Waals surface area (Å²) >= 11 is 0. The lowest BCUT2D eigenvalue weighted by atomic mass is 9.89. The molecule has 2 N–H and O–H groups in total. The van der Waals surface area contributed by atoms with Crippen molar-refractivity contribution in [1.29, 1.82) is 0 Å². The molecule has 0 fully saturated rings. The van der Waals surface area contributed by atoms with Crippen molar-refractivity contribution in [1.82, 2.24) is 14.9 Å². The molecule has 25 heavy (non-hydrogen) atoms. The van der Waals surface area contributed by atoms with Crippen molar-refractivity contribution in [3.05, 3.63) is 68.0 Å². The third-order valence-corrected chi connectivity index (χ3v) is 4.73. The largest absolute Gasteiger partial charge is 0.350 e. The van der Waals surface area contributed by atoms with Crippen molar-refractivity contribution in [3.63, 3.8) is 0 Å². The molecule has 1 aromatic heterocycles. The minimum Gasteiger partial charge on any atom is -0.350 e. The Bertz CT molecular complexity index is 882. The van der Waals surface area contributed by atoms with E-state index in [2.05, 4.69) is 28.5 Å². The van der Waals surface area contributed by atoms with Crippen LogP contribution < -0.4 is 16.6 Å². The number of amides is 1. The third-order valence-electron chi connectivity index (χ3n) is 4.73. The molecule has 0 bridgehead atoms. The molecule has 1 atom stereocenters. The first-order valence-corrected chi connectivity index (χ1v) is 8.74. The predicted molar refractivity (Wildman–Crippen MR) is 95.6 cm³/mol. The van der Waals surface area contributed by atoms with Gasteiger partial charge in [-0.05, 0) is 49.3 Å². The summed E-state index contributed by atoms with van der Waals surface area (Å²) in [5.41, 5.74) is 2.99. The second-order valence-corrected chi connectivity index (χ2v) is 6.58. The Morgan fingerprint density at radius 2 is 1.96 bits per heavy atom.